The van der Waals surface area contributed by atoms with Gasteiger partial charge in [-0.1, -0.05) is 0 Å². The highest BCUT2D eigenvalue weighted by Crippen LogP contribution is 2.41. The lowest BCUT2D eigenvalue weighted by Gasteiger charge is -2.36. The van der Waals surface area contributed by atoms with E-state index in [1.54, 1.807) is 36.9 Å². The lowest BCUT2D eigenvalue weighted by atomic mass is 9.92. The molecule has 0 saturated carbocycles. The average Bonchev–Trinajstić information content (AvgIpc) is 3.05. The highest BCUT2D eigenvalue weighted by Gasteiger charge is 2.38. The molecule has 1 unspecified atom stereocenters. The fourth-order valence-corrected chi connectivity index (χ4v) is 5.81. The van der Waals surface area contributed by atoms with Gasteiger partial charge in [-0.25, -0.2) is 13.4 Å². The predicted octanol–water partition coefficient (Wildman–Crippen LogP) is 2.06. The van der Waals surface area contributed by atoms with Crippen LogP contribution < -0.4 is 9.47 Å². The molecule has 0 spiro atoms. The van der Waals surface area contributed by atoms with Crippen LogP contribution in [0.15, 0.2) is 29.3 Å². The summed E-state index contributed by atoms with van der Waals surface area (Å²) in [6.45, 7) is 1.91. The zero-order valence-corrected chi connectivity index (χ0v) is 19.0. The van der Waals surface area contributed by atoms with E-state index in [1.165, 1.54) is 24.7 Å². The summed E-state index contributed by atoms with van der Waals surface area (Å²) in [6.07, 6.45) is 1.32. The van der Waals surface area contributed by atoms with Gasteiger partial charge in [0.2, 0.25) is 10.0 Å². The van der Waals surface area contributed by atoms with Crippen LogP contribution in [0.5, 0.6) is 11.5 Å². The summed E-state index contributed by atoms with van der Waals surface area (Å²) in [7, 11) is 0.696. The molecule has 3 aromatic rings. The third-order valence-corrected chi connectivity index (χ3v) is 7.64. The van der Waals surface area contributed by atoms with Crippen LogP contribution in [0.25, 0.3) is 11.0 Å². The number of sulfonamides is 1. The van der Waals surface area contributed by atoms with Crippen molar-refractivity contribution in [1.29, 1.82) is 0 Å². The van der Waals surface area contributed by atoms with Crippen molar-refractivity contribution in [1.82, 2.24) is 19.1 Å². The van der Waals surface area contributed by atoms with Crippen molar-refractivity contribution < 1.29 is 27.8 Å². The highest BCUT2D eigenvalue weighted by atomic mass is 32.2. The van der Waals surface area contributed by atoms with E-state index in [0.29, 0.717) is 40.2 Å². The lowest BCUT2D eigenvalue weighted by Crippen LogP contribution is -2.41. The molecule has 2 aromatic heterocycles. The Balaban J connectivity index is 1.83. The Morgan fingerprint density at radius 2 is 1.91 bits per heavy atom. The van der Waals surface area contributed by atoms with Gasteiger partial charge in [-0.05, 0) is 42.7 Å². The number of rotatable bonds is 6. The first kappa shape index (κ1) is 22.0. The first-order chi connectivity index (χ1) is 15.2. The molecule has 1 aliphatic heterocycles. The second kappa shape index (κ2) is 8.06. The molecular weight excluding hydrogens is 436 g/mol. The molecule has 0 bridgehead atoms. The van der Waals surface area contributed by atoms with Gasteiger partial charge < -0.3 is 14.6 Å². The number of hydrogen-bond donors (Lipinski definition) is 1. The minimum Gasteiger partial charge on any atom is -0.493 e. The zero-order valence-electron chi connectivity index (χ0n) is 18.2. The molecule has 1 atom stereocenters. The van der Waals surface area contributed by atoms with Crippen molar-refractivity contribution in [2.75, 3.05) is 20.8 Å². The Morgan fingerprint density at radius 1 is 1.22 bits per heavy atom. The molecule has 11 heteroatoms. The number of carboxylic acids is 1. The summed E-state index contributed by atoms with van der Waals surface area (Å²) >= 11 is 0. The van der Waals surface area contributed by atoms with Crippen LogP contribution in [0.3, 0.4) is 0 Å². The van der Waals surface area contributed by atoms with Gasteiger partial charge in [-0.2, -0.15) is 9.40 Å². The number of aliphatic carboxylic acids is 1. The Kier molecular flexibility index (Phi) is 5.55. The van der Waals surface area contributed by atoms with Gasteiger partial charge in [0.1, 0.15) is 4.90 Å². The van der Waals surface area contributed by atoms with Gasteiger partial charge >= 0.3 is 5.97 Å². The topological polar surface area (TPSA) is 124 Å². The predicted molar refractivity (Wildman–Crippen MR) is 115 cm³/mol. The van der Waals surface area contributed by atoms with Gasteiger partial charge in [0.05, 0.1) is 32.4 Å². The first-order valence-corrected chi connectivity index (χ1v) is 11.4. The number of methoxy groups -OCH3 is 2. The molecule has 0 aliphatic carbocycles. The second-order valence-corrected chi connectivity index (χ2v) is 9.53. The molecule has 0 amide bonds. The average molecular weight is 461 g/mol. The fourth-order valence-electron chi connectivity index (χ4n) is 4.24. The molecule has 1 N–H and O–H groups in total. The van der Waals surface area contributed by atoms with Crippen molar-refractivity contribution >= 4 is 27.0 Å². The van der Waals surface area contributed by atoms with Gasteiger partial charge in [-0.15, -0.1) is 0 Å². The van der Waals surface area contributed by atoms with Crippen molar-refractivity contribution in [3.8, 4) is 11.5 Å². The van der Waals surface area contributed by atoms with Crippen LogP contribution in [-0.2, 0) is 28.3 Å². The van der Waals surface area contributed by atoms with Crippen LogP contribution in [-0.4, -0.2) is 59.3 Å². The Morgan fingerprint density at radius 3 is 2.56 bits per heavy atom. The molecule has 170 valence electrons. The molecule has 0 radical (unpaired) electrons. The Hall–Kier alpha value is -3.18. The molecule has 1 aliphatic rings. The number of nitrogens with zero attached hydrogens (tertiary/aromatic N) is 4. The third kappa shape index (κ3) is 3.56. The third-order valence-electron chi connectivity index (χ3n) is 5.77. The summed E-state index contributed by atoms with van der Waals surface area (Å²) in [5.74, 6) is -0.178. The summed E-state index contributed by atoms with van der Waals surface area (Å²) in [5, 5.41) is 14.5. The summed E-state index contributed by atoms with van der Waals surface area (Å²) in [6, 6.07) is 4.09. The normalized spacial score (nSPS) is 16.7. The summed E-state index contributed by atoms with van der Waals surface area (Å²) in [5.41, 5.74) is 2.66. The van der Waals surface area contributed by atoms with Crippen LogP contribution in [0, 0.1) is 6.92 Å². The van der Waals surface area contributed by atoms with Crippen LogP contribution in [0.1, 0.15) is 29.3 Å². The number of hydrogen-bond acceptors (Lipinski definition) is 7. The molecule has 32 heavy (non-hydrogen) atoms. The number of pyridine rings is 1. The van der Waals surface area contributed by atoms with Gasteiger partial charge in [0.15, 0.2) is 17.1 Å². The number of carboxylic acid groups (broad SMARTS) is 1. The van der Waals surface area contributed by atoms with Crippen molar-refractivity contribution in [3.05, 3.63) is 41.2 Å². The minimum atomic E-state index is -4.04. The minimum absolute atomic E-state index is 0.000385. The molecular formula is C21H24N4O6S. The van der Waals surface area contributed by atoms with E-state index in [1.807, 2.05) is 0 Å². The van der Waals surface area contributed by atoms with Crippen molar-refractivity contribution in [2.24, 2.45) is 7.05 Å². The SMILES string of the molecule is COc1cc2c(cc1OC)C(CC(=O)O)N(S(=O)(=O)c1cnc3c(c1)c(C)nn3C)CC2. The van der Waals surface area contributed by atoms with E-state index in [0.717, 1.165) is 5.56 Å². The maximum Gasteiger partial charge on any atom is 0.305 e. The second-order valence-electron chi connectivity index (χ2n) is 7.64. The maximum atomic E-state index is 13.6. The molecule has 10 nitrogen and oxygen atoms in total. The Labute approximate surface area is 185 Å². The smallest absolute Gasteiger partial charge is 0.305 e. The van der Waals surface area contributed by atoms with Crippen LogP contribution >= 0.6 is 0 Å². The largest absolute Gasteiger partial charge is 0.493 e. The van der Waals surface area contributed by atoms with E-state index in [9.17, 15) is 18.3 Å². The van der Waals surface area contributed by atoms with Crippen LogP contribution in [0.2, 0.25) is 0 Å². The highest BCUT2D eigenvalue weighted by molar-refractivity contribution is 7.89. The number of fused-ring (bicyclic) bond motifs is 2. The lowest BCUT2D eigenvalue weighted by molar-refractivity contribution is -0.138. The molecule has 0 saturated heterocycles. The maximum absolute atomic E-state index is 13.6. The fraction of sp³-hybridized carbons (Fsp3) is 0.381. The van der Waals surface area contributed by atoms with E-state index >= 15 is 0 Å². The number of aryl methyl sites for hydroxylation is 2. The zero-order chi connectivity index (χ0) is 23.2. The quantitative estimate of drug-likeness (QED) is 0.593. The molecule has 0 fully saturated rings. The van der Waals surface area contributed by atoms with Gasteiger partial charge in [0, 0.05) is 25.2 Å². The number of ether oxygens (including phenoxy) is 2. The van der Waals surface area contributed by atoms with Crippen molar-refractivity contribution in [2.45, 2.75) is 30.7 Å². The first-order valence-electron chi connectivity index (χ1n) is 9.95. The van der Waals surface area contributed by atoms with E-state index < -0.39 is 22.0 Å². The van der Waals surface area contributed by atoms with Crippen molar-refractivity contribution in [3.63, 3.8) is 0 Å². The molecule has 4 rings (SSSR count). The van der Waals surface area contributed by atoms with E-state index in [2.05, 4.69) is 10.1 Å². The molecule has 3 heterocycles. The molecule has 1 aromatic carbocycles. The number of carbonyl (C=O) groups is 1. The van der Waals surface area contributed by atoms with Gasteiger partial charge in [-0.3, -0.25) is 9.48 Å². The standard InChI is InChI=1S/C21H24N4O6S/c1-12-15-8-14(11-22-21(15)24(2)23-12)32(28,29)25-6-5-13-7-18(30-3)19(31-4)9-16(13)17(25)10-20(26)27/h7-9,11,17H,5-6,10H2,1-4H3,(H,26,27). The number of benzene rings is 1. The van der Waals surface area contributed by atoms with E-state index in [-0.39, 0.29) is 17.9 Å². The Bertz CT molecular complexity index is 1320. The van der Waals surface area contributed by atoms with Crippen LogP contribution in [0.4, 0.5) is 0 Å². The number of aromatic nitrogens is 3. The summed E-state index contributed by atoms with van der Waals surface area (Å²) < 4.78 is 40.8. The van der Waals surface area contributed by atoms with Gasteiger partial charge in [0.25, 0.3) is 0 Å². The van der Waals surface area contributed by atoms with E-state index in [4.69, 9.17) is 9.47 Å². The summed E-state index contributed by atoms with van der Waals surface area (Å²) in [4.78, 5) is 16.0. The monoisotopic (exact) mass is 460 g/mol.